The van der Waals surface area contributed by atoms with Crippen LogP contribution < -0.4 is 4.74 Å². The van der Waals surface area contributed by atoms with E-state index in [2.05, 4.69) is 27.9 Å². The van der Waals surface area contributed by atoms with Crippen molar-refractivity contribution in [1.29, 1.82) is 0 Å². The quantitative estimate of drug-likeness (QED) is 0.475. The second kappa shape index (κ2) is 6.02. The molecular formula is C21H19N3OS. The van der Waals surface area contributed by atoms with E-state index in [0.717, 1.165) is 51.3 Å². The van der Waals surface area contributed by atoms with Crippen molar-refractivity contribution in [2.75, 3.05) is 0 Å². The largest absolute Gasteiger partial charge is 0.438 e. The average Bonchev–Trinajstić information content (AvgIpc) is 2.98. The zero-order chi connectivity index (χ0) is 17.7. The van der Waals surface area contributed by atoms with Crippen molar-refractivity contribution in [2.45, 2.75) is 33.1 Å². The minimum atomic E-state index is 0.683. The van der Waals surface area contributed by atoms with Gasteiger partial charge in [-0.3, -0.25) is 4.98 Å². The highest BCUT2D eigenvalue weighted by molar-refractivity contribution is 7.18. The van der Waals surface area contributed by atoms with Crippen LogP contribution in [0.2, 0.25) is 0 Å². The molecule has 26 heavy (non-hydrogen) atoms. The van der Waals surface area contributed by atoms with Gasteiger partial charge in [0.25, 0.3) is 0 Å². The standard InChI is InChI=1S/C21H19N3OS/c1-12-3-6-17-18(9-12)26-21-19(17)20(23-13(2)24-21)25-16-5-4-14-7-8-22-11-15(14)10-16/h4-5,7-8,10-12H,3,6,9H2,1-2H3/t12-/m1/s1. The van der Waals surface area contributed by atoms with Crippen LogP contribution in [-0.2, 0) is 12.8 Å². The lowest BCUT2D eigenvalue weighted by atomic mass is 9.89. The van der Waals surface area contributed by atoms with Crippen molar-refractivity contribution >= 4 is 32.3 Å². The van der Waals surface area contributed by atoms with Crippen molar-refractivity contribution in [3.63, 3.8) is 0 Å². The summed E-state index contributed by atoms with van der Waals surface area (Å²) < 4.78 is 6.26. The molecule has 0 fully saturated rings. The van der Waals surface area contributed by atoms with Crippen LogP contribution in [-0.4, -0.2) is 15.0 Å². The number of benzene rings is 1. The Labute approximate surface area is 155 Å². The first-order valence-corrected chi connectivity index (χ1v) is 9.79. The molecule has 1 atom stereocenters. The molecule has 0 unspecified atom stereocenters. The Hall–Kier alpha value is -2.53. The van der Waals surface area contributed by atoms with Crippen LogP contribution in [0.3, 0.4) is 0 Å². The summed E-state index contributed by atoms with van der Waals surface area (Å²) in [6.45, 7) is 4.25. The number of aromatic nitrogens is 3. The Balaban J connectivity index is 1.63. The highest BCUT2D eigenvalue weighted by Gasteiger charge is 2.24. The molecule has 0 bridgehead atoms. The molecule has 1 aliphatic rings. The maximum absolute atomic E-state index is 6.26. The summed E-state index contributed by atoms with van der Waals surface area (Å²) in [5, 5.41) is 3.32. The van der Waals surface area contributed by atoms with Crippen LogP contribution in [0.4, 0.5) is 0 Å². The molecule has 0 aliphatic heterocycles. The Morgan fingerprint density at radius 1 is 1.15 bits per heavy atom. The molecule has 130 valence electrons. The normalized spacial score (nSPS) is 16.8. The fraction of sp³-hybridized carbons (Fsp3) is 0.286. The Kier molecular flexibility index (Phi) is 3.64. The van der Waals surface area contributed by atoms with Crippen LogP contribution in [0.1, 0.15) is 29.6 Å². The molecule has 0 saturated heterocycles. The van der Waals surface area contributed by atoms with E-state index in [1.54, 1.807) is 17.5 Å². The van der Waals surface area contributed by atoms with Gasteiger partial charge in [0.2, 0.25) is 5.88 Å². The fourth-order valence-electron chi connectivity index (χ4n) is 3.72. The zero-order valence-corrected chi connectivity index (χ0v) is 15.6. The lowest BCUT2D eigenvalue weighted by Gasteiger charge is -2.18. The van der Waals surface area contributed by atoms with Crippen LogP contribution in [0, 0.1) is 12.8 Å². The second-order valence-corrected chi connectivity index (χ2v) is 8.18. The van der Waals surface area contributed by atoms with Gasteiger partial charge >= 0.3 is 0 Å². The van der Waals surface area contributed by atoms with E-state index in [0.29, 0.717) is 5.88 Å². The molecule has 1 aliphatic carbocycles. The molecule has 3 heterocycles. The summed E-state index contributed by atoms with van der Waals surface area (Å²) >= 11 is 1.80. The highest BCUT2D eigenvalue weighted by Crippen LogP contribution is 2.41. The molecule has 5 heteroatoms. The zero-order valence-electron chi connectivity index (χ0n) is 14.8. The minimum Gasteiger partial charge on any atom is -0.438 e. The third-order valence-corrected chi connectivity index (χ3v) is 6.21. The van der Waals surface area contributed by atoms with Gasteiger partial charge < -0.3 is 4.74 Å². The lowest BCUT2D eigenvalue weighted by molar-refractivity contribution is 0.465. The average molecular weight is 361 g/mol. The molecule has 4 nitrogen and oxygen atoms in total. The third-order valence-electron chi connectivity index (χ3n) is 5.06. The first-order valence-electron chi connectivity index (χ1n) is 8.98. The van der Waals surface area contributed by atoms with Crippen molar-refractivity contribution in [3.8, 4) is 11.6 Å². The van der Waals surface area contributed by atoms with Gasteiger partial charge in [-0.05, 0) is 61.3 Å². The molecule has 0 N–H and O–H groups in total. The van der Waals surface area contributed by atoms with E-state index in [1.807, 2.05) is 31.3 Å². The maximum Gasteiger partial charge on any atom is 0.231 e. The number of hydrogen-bond acceptors (Lipinski definition) is 5. The summed E-state index contributed by atoms with van der Waals surface area (Å²) in [6, 6.07) is 8.07. The Bertz CT molecular complexity index is 1130. The number of nitrogens with zero attached hydrogens (tertiary/aromatic N) is 3. The maximum atomic E-state index is 6.26. The first-order chi connectivity index (χ1) is 12.7. The van der Waals surface area contributed by atoms with Gasteiger partial charge in [-0.1, -0.05) is 13.0 Å². The smallest absolute Gasteiger partial charge is 0.231 e. The van der Waals surface area contributed by atoms with E-state index in [4.69, 9.17) is 4.74 Å². The number of fused-ring (bicyclic) bond motifs is 4. The topological polar surface area (TPSA) is 47.9 Å². The van der Waals surface area contributed by atoms with Crippen LogP contribution in [0.25, 0.3) is 21.0 Å². The molecule has 4 aromatic rings. The van der Waals surface area contributed by atoms with Crippen LogP contribution >= 0.6 is 11.3 Å². The number of ether oxygens (including phenoxy) is 1. The number of aryl methyl sites for hydroxylation is 2. The van der Waals surface area contributed by atoms with Crippen LogP contribution in [0.15, 0.2) is 36.7 Å². The molecule has 0 amide bonds. The summed E-state index contributed by atoms with van der Waals surface area (Å²) in [5.74, 6) is 2.96. The number of pyridine rings is 1. The molecule has 0 radical (unpaired) electrons. The molecular weight excluding hydrogens is 342 g/mol. The van der Waals surface area contributed by atoms with Gasteiger partial charge in [0.1, 0.15) is 16.4 Å². The van der Waals surface area contributed by atoms with E-state index >= 15 is 0 Å². The van der Waals surface area contributed by atoms with Gasteiger partial charge in [-0.25, -0.2) is 4.98 Å². The summed E-state index contributed by atoms with van der Waals surface area (Å²) in [7, 11) is 0. The summed E-state index contributed by atoms with van der Waals surface area (Å²) in [5.41, 5.74) is 1.39. The van der Waals surface area contributed by atoms with E-state index in [-0.39, 0.29) is 0 Å². The van der Waals surface area contributed by atoms with Crippen molar-refractivity contribution in [2.24, 2.45) is 5.92 Å². The third kappa shape index (κ3) is 2.63. The first kappa shape index (κ1) is 15.7. The predicted octanol–water partition coefficient (Wildman–Crippen LogP) is 5.47. The van der Waals surface area contributed by atoms with Crippen molar-refractivity contribution < 1.29 is 4.74 Å². The van der Waals surface area contributed by atoms with E-state index in [1.165, 1.54) is 16.9 Å². The second-order valence-electron chi connectivity index (χ2n) is 7.09. The van der Waals surface area contributed by atoms with Gasteiger partial charge in [0.05, 0.1) is 5.39 Å². The summed E-state index contributed by atoms with van der Waals surface area (Å²) in [6.07, 6.45) is 7.10. The molecule has 3 aromatic heterocycles. The number of thiophene rings is 1. The lowest BCUT2D eigenvalue weighted by Crippen LogP contribution is -2.08. The number of hydrogen-bond donors (Lipinski definition) is 0. The van der Waals surface area contributed by atoms with E-state index < -0.39 is 0 Å². The molecule has 0 saturated carbocycles. The Morgan fingerprint density at radius 2 is 2.08 bits per heavy atom. The van der Waals surface area contributed by atoms with Crippen LogP contribution in [0.5, 0.6) is 11.6 Å². The monoisotopic (exact) mass is 361 g/mol. The molecule has 1 aromatic carbocycles. The predicted molar refractivity (Wildman–Crippen MR) is 105 cm³/mol. The fourth-order valence-corrected chi connectivity index (χ4v) is 5.14. The van der Waals surface area contributed by atoms with Gasteiger partial charge in [-0.2, -0.15) is 4.98 Å². The van der Waals surface area contributed by atoms with E-state index in [9.17, 15) is 0 Å². The van der Waals surface area contributed by atoms with Gasteiger partial charge in [0.15, 0.2) is 0 Å². The molecule has 0 spiro atoms. The van der Waals surface area contributed by atoms with Crippen molar-refractivity contribution in [3.05, 3.63) is 52.9 Å². The van der Waals surface area contributed by atoms with Gasteiger partial charge in [0, 0.05) is 22.7 Å². The molecule has 5 rings (SSSR count). The van der Waals surface area contributed by atoms with Crippen molar-refractivity contribution in [1.82, 2.24) is 15.0 Å². The Morgan fingerprint density at radius 3 is 3.00 bits per heavy atom. The minimum absolute atomic E-state index is 0.683. The SMILES string of the molecule is Cc1nc(Oc2ccc3ccncc3c2)c2c3c(sc2n1)C[C@H](C)CC3. The summed E-state index contributed by atoms with van der Waals surface area (Å²) in [4.78, 5) is 16.0. The van der Waals surface area contributed by atoms with Gasteiger partial charge in [-0.15, -0.1) is 11.3 Å². The highest BCUT2D eigenvalue weighted by atomic mass is 32.1. The number of rotatable bonds is 2.